The maximum Gasteiger partial charge on any atom is 0.260 e. The van der Waals surface area contributed by atoms with Crippen molar-refractivity contribution in [3.05, 3.63) is 78.0 Å². The minimum absolute atomic E-state index is 0.276. The van der Waals surface area contributed by atoms with Gasteiger partial charge in [-0.1, -0.05) is 48.0 Å². The maximum absolute atomic E-state index is 12.7. The van der Waals surface area contributed by atoms with Crippen molar-refractivity contribution in [2.75, 3.05) is 0 Å². The Kier molecular flexibility index (Phi) is 3.53. The van der Waals surface area contributed by atoms with Gasteiger partial charge in [0.1, 0.15) is 0 Å². The standard InChI is InChI=1S/C16H16N2O2S/c1-13-7-9-14(10-8-13)16-11-12-17-18(16)21(19,20)15-5-3-2-4-6-15/h2-12,16-17H,1H3. The Morgan fingerprint density at radius 2 is 1.67 bits per heavy atom. The molecule has 3 rings (SSSR count). The van der Waals surface area contributed by atoms with Gasteiger partial charge in [-0.3, -0.25) is 0 Å². The fourth-order valence-electron chi connectivity index (χ4n) is 2.30. The van der Waals surface area contributed by atoms with Crippen molar-refractivity contribution in [2.24, 2.45) is 0 Å². The summed E-state index contributed by atoms with van der Waals surface area (Å²) < 4.78 is 26.7. The number of hydrogen-bond donors (Lipinski definition) is 1. The zero-order valence-corrected chi connectivity index (χ0v) is 12.4. The van der Waals surface area contributed by atoms with Gasteiger partial charge in [-0.25, -0.2) is 8.42 Å². The van der Waals surface area contributed by atoms with E-state index in [1.807, 2.05) is 37.3 Å². The first-order valence-corrected chi connectivity index (χ1v) is 8.12. The number of sulfonamides is 1. The lowest BCUT2D eigenvalue weighted by molar-refractivity contribution is 0.343. The first-order valence-electron chi connectivity index (χ1n) is 6.68. The van der Waals surface area contributed by atoms with E-state index >= 15 is 0 Å². The normalized spacial score (nSPS) is 18.6. The molecule has 0 saturated heterocycles. The molecule has 1 aliphatic rings. The van der Waals surface area contributed by atoms with Gasteiger partial charge in [0, 0.05) is 6.20 Å². The molecule has 4 nitrogen and oxygen atoms in total. The van der Waals surface area contributed by atoms with Gasteiger partial charge in [-0.15, -0.1) is 4.41 Å². The average Bonchev–Trinajstić information content (AvgIpc) is 2.99. The molecule has 0 aliphatic carbocycles. The van der Waals surface area contributed by atoms with E-state index in [-0.39, 0.29) is 10.9 Å². The number of aryl methyl sites for hydroxylation is 1. The number of benzene rings is 2. The van der Waals surface area contributed by atoms with Crippen molar-refractivity contribution in [3.63, 3.8) is 0 Å². The molecule has 0 saturated carbocycles. The van der Waals surface area contributed by atoms with Crippen LogP contribution in [0.3, 0.4) is 0 Å². The molecule has 1 unspecified atom stereocenters. The van der Waals surface area contributed by atoms with E-state index in [0.717, 1.165) is 11.1 Å². The SMILES string of the molecule is Cc1ccc(C2C=CNN2S(=O)(=O)c2ccccc2)cc1. The third kappa shape index (κ3) is 2.57. The van der Waals surface area contributed by atoms with Gasteiger partial charge in [0.15, 0.2) is 0 Å². The molecule has 21 heavy (non-hydrogen) atoms. The number of nitrogens with zero attached hydrogens (tertiary/aromatic N) is 1. The van der Waals surface area contributed by atoms with E-state index in [1.54, 1.807) is 36.5 Å². The summed E-state index contributed by atoms with van der Waals surface area (Å²) >= 11 is 0. The molecule has 1 aliphatic heterocycles. The largest absolute Gasteiger partial charge is 0.312 e. The fourth-order valence-corrected chi connectivity index (χ4v) is 3.72. The smallest absolute Gasteiger partial charge is 0.260 e. The summed E-state index contributed by atoms with van der Waals surface area (Å²) in [5.74, 6) is 0. The molecule has 1 atom stereocenters. The zero-order valence-electron chi connectivity index (χ0n) is 11.6. The molecule has 0 bridgehead atoms. The van der Waals surface area contributed by atoms with Crippen LogP contribution in [0.2, 0.25) is 0 Å². The van der Waals surface area contributed by atoms with Crippen molar-refractivity contribution in [1.82, 2.24) is 9.84 Å². The van der Waals surface area contributed by atoms with Crippen LogP contribution in [0.5, 0.6) is 0 Å². The van der Waals surface area contributed by atoms with E-state index in [9.17, 15) is 8.42 Å². The summed E-state index contributed by atoms with van der Waals surface area (Å²) in [6.07, 6.45) is 3.50. The lowest BCUT2D eigenvalue weighted by atomic mass is 10.1. The Labute approximate surface area is 124 Å². The fraction of sp³-hybridized carbons (Fsp3) is 0.125. The number of nitrogens with one attached hydrogen (secondary N) is 1. The van der Waals surface area contributed by atoms with Gasteiger partial charge in [0.25, 0.3) is 10.0 Å². The second kappa shape index (κ2) is 5.35. The third-order valence-corrected chi connectivity index (χ3v) is 5.17. The highest BCUT2D eigenvalue weighted by Crippen LogP contribution is 2.30. The van der Waals surface area contributed by atoms with Crippen molar-refractivity contribution in [3.8, 4) is 0 Å². The van der Waals surface area contributed by atoms with Crippen molar-refractivity contribution >= 4 is 10.0 Å². The summed E-state index contributed by atoms with van der Waals surface area (Å²) in [5.41, 5.74) is 4.90. The Bertz CT molecular complexity index is 753. The van der Waals surface area contributed by atoms with Gasteiger partial charge in [0.05, 0.1) is 10.9 Å². The zero-order chi connectivity index (χ0) is 14.9. The Hall–Kier alpha value is -2.11. The number of hydrazine groups is 1. The van der Waals surface area contributed by atoms with Crippen LogP contribution < -0.4 is 5.43 Å². The van der Waals surface area contributed by atoms with Gasteiger partial charge in [-0.2, -0.15) is 0 Å². The Balaban J connectivity index is 1.97. The molecule has 5 heteroatoms. The van der Waals surface area contributed by atoms with Crippen LogP contribution in [0.15, 0.2) is 71.8 Å². The van der Waals surface area contributed by atoms with E-state index in [1.165, 1.54) is 4.41 Å². The summed E-state index contributed by atoms with van der Waals surface area (Å²) in [5, 5.41) is 0. The van der Waals surface area contributed by atoms with Crippen LogP contribution in [0.1, 0.15) is 17.2 Å². The Morgan fingerprint density at radius 1 is 1.00 bits per heavy atom. The van der Waals surface area contributed by atoms with Crippen LogP contribution in [0, 0.1) is 6.92 Å². The van der Waals surface area contributed by atoms with Crippen LogP contribution >= 0.6 is 0 Å². The minimum Gasteiger partial charge on any atom is -0.312 e. The predicted octanol–water partition coefficient (Wildman–Crippen LogP) is 2.76. The lowest BCUT2D eigenvalue weighted by Gasteiger charge is -2.24. The topological polar surface area (TPSA) is 49.4 Å². The monoisotopic (exact) mass is 300 g/mol. The lowest BCUT2D eigenvalue weighted by Crippen LogP contribution is -2.38. The summed E-state index contributed by atoms with van der Waals surface area (Å²) in [6.45, 7) is 2.00. The van der Waals surface area contributed by atoms with Crippen molar-refractivity contribution < 1.29 is 8.42 Å². The molecule has 1 N–H and O–H groups in total. The van der Waals surface area contributed by atoms with E-state index in [0.29, 0.717) is 0 Å². The van der Waals surface area contributed by atoms with Crippen LogP contribution in [-0.4, -0.2) is 12.8 Å². The third-order valence-electron chi connectivity index (χ3n) is 3.45. The minimum atomic E-state index is -3.59. The number of rotatable bonds is 3. The summed E-state index contributed by atoms with van der Waals surface area (Å²) in [6, 6.07) is 16.0. The molecule has 0 aromatic heterocycles. The molecule has 0 fully saturated rings. The first kappa shape index (κ1) is 13.9. The second-order valence-corrected chi connectivity index (χ2v) is 6.77. The molecular weight excluding hydrogens is 284 g/mol. The summed E-state index contributed by atoms with van der Waals surface area (Å²) in [7, 11) is -3.59. The number of hydrogen-bond acceptors (Lipinski definition) is 3. The van der Waals surface area contributed by atoms with Gasteiger partial charge in [-0.05, 0) is 30.7 Å². The molecule has 0 amide bonds. The first-order chi connectivity index (χ1) is 10.1. The van der Waals surface area contributed by atoms with Crippen molar-refractivity contribution in [1.29, 1.82) is 0 Å². The predicted molar refractivity (Wildman–Crippen MR) is 81.7 cm³/mol. The van der Waals surface area contributed by atoms with E-state index < -0.39 is 10.0 Å². The molecule has 1 heterocycles. The van der Waals surface area contributed by atoms with Crippen LogP contribution in [0.4, 0.5) is 0 Å². The van der Waals surface area contributed by atoms with Gasteiger partial charge < -0.3 is 5.43 Å². The van der Waals surface area contributed by atoms with Crippen LogP contribution in [-0.2, 0) is 10.0 Å². The molecule has 0 spiro atoms. The molecule has 0 radical (unpaired) electrons. The highest BCUT2D eigenvalue weighted by atomic mass is 32.2. The quantitative estimate of drug-likeness (QED) is 0.948. The van der Waals surface area contributed by atoms with Crippen molar-refractivity contribution in [2.45, 2.75) is 17.9 Å². The second-order valence-electron chi connectivity index (χ2n) is 4.96. The highest BCUT2D eigenvalue weighted by Gasteiger charge is 2.33. The highest BCUT2D eigenvalue weighted by molar-refractivity contribution is 7.89. The maximum atomic E-state index is 12.7. The van der Waals surface area contributed by atoms with Gasteiger partial charge >= 0.3 is 0 Å². The summed E-state index contributed by atoms with van der Waals surface area (Å²) in [4.78, 5) is 0.276. The van der Waals surface area contributed by atoms with Crippen LogP contribution in [0.25, 0.3) is 0 Å². The van der Waals surface area contributed by atoms with E-state index in [2.05, 4.69) is 5.43 Å². The van der Waals surface area contributed by atoms with Gasteiger partial charge in [0.2, 0.25) is 0 Å². The Morgan fingerprint density at radius 3 is 2.33 bits per heavy atom. The molecule has 2 aromatic carbocycles. The average molecular weight is 300 g/mol. The molecule has 108 valence electrons. The molecular formula is C16H16N2O2S. The van der Waals surface area contributed by atoms with E-state index in [4.69, 9.17) is 0 Å². The molecule has 2 aromatic rings.